The standard InChI is InChI=1S/C22H37N3O5/c1-5-23-22(24-10-7-12-29-16-17-8-6-13-30-17)25-11-9-19-20(27-3)14-18(26-2)15-21(19)28-4/h14-15,17H,5-13,16H2,1-4H3,(H2,23,24,25). The minimum absolute atomic E-state index is 0.277. The molecule has 0 saturated carbocycles. The molecule has 1 heterocycles. The van der Waals surface area contributed by atoms with Crippen LogP contribution in [0, 0.1) is 0 Å². The third kappa shape index (κ3) is 7.91. The van der Waals surface area contributed by atoms with E-state index < -0.39 is 0 Å². The van der Waals surface area contributed by atoms with Gasteiger partial charge in [-0.15, -0.1) is 0 Å². The molecular formula is C22H37N3O5. The molecule has 0 aliphatic carbocycles. The van der Waals surface area contributed by atoms with Gasteiger partial charge >= 0.3 is 0 Å². The SMILES string of the molecule is CCNC(=NCCCOCC1CCCO1)NCCc1c(OC)cc(OC)cc1OC. The van der Waals surface area contributed by atoms with Gasteiger partial charge < -0.3 is 34.3 Å². The molecule has 170 valence electrons. The van der Waals surface area contributed by atoms with Gasteiger partial charge in [0.1, 0.15) is 17.2 Å². The zero-order chi connectivity index (χ0) is 21.6. The predicted octanol–water partition coefficient (Wildman–Crippen LogP) is 2.40. The van der Waals surface area contributed by atoms with Crippen LogP contribution in [0.25, 0.3) is 0 Å². The summed E-state index contributed by atoms with van der Waals surface area (Å²) < 4.78 is 27.6. The van der Waals surface area contributed by atoms with E-state index in [1.807, 2.05) is 12.1 Å². The molecule has 1 aromatic rings. The van der Waals surface area contributed by atoms with Crippen molar-refractivity contribution in [2.45, 2.75) is 38.7 Å². The Labute approximate surface area is 180 Å². The molecule has 1 atom stereocenters. The molecule has 0 radical (unpaired) electrons. The minimum atomic E-state index is 0.277. The molecule has 2 N–H and O–H groups in total. The Kier molecular flexibility index (Phi) is 11.2. The summed E-state index contributed by atoms with van der Waals surface area (Å²) in [5.41, 5.74) is 0.992. The molecule has 1 fully saturated rings. The number of aliphatic imine (C=N–C) groups is 1. The second-order valence-electron chi connectivity index (χ2n) is 7.01. The second kappa shape index (κ2) is 13.9. The highest BCUT2D eigenvalue weighted by Crippen LogP contribution is 2.34. The average molecular weight is 424 g/mol. The summed E-state index contributed by atoms with van der Waals surface area (Å²) in [6, 6.07) is 3.74. The van der Waals surface area contributed by atoms with Gasteiger partial charge in [-0.25, -0.2) is 0 Å². The van der Waals surface area contributed by atoms with Crippen LogP contribution in [0.2, 0.25) is 0 Å². The molecule has 1 aromatic carbocycles. The highest BCUT2D eigenvalue weighted by atomic mass is 16.5. The summed E-state index contributed by atoms with van der Waals surface area (Å²) in [5.74, 6) is 3.00. The largest absolute Gasteiger partial charge is 0.496 e. The van der Waals surface area contributed by atoms with Crippen LogP contribution in [-0.2, 0) is 15.9 Å². The fourth-order valence-corrected chi connectivity index (χ4v) is 3.32. The molecule has 2 rings (SSSR count). The van der Waals surface area contributed by atoms with Crippen molar-refractivity contribution in [3.05, 3.63) is 17.7 Å². The van der Waals surface area contributed by atoms with Crippen molar-refractivity contribution in [1.29, 1.82) is 0 Å². The zero-order valence-corrected chi connectivity index (χ0v) is 18.8. The fraction of sp³-hybridized carbons (Fsp3) is 0.682. The third-order valence-electron chi connectivity index (χ3n) is 4.87. The molecule has 30 heavy (non-hydrogen) atoms. The van der Waals surface area contributed by atoms with Gasteiger partial charge in [-0.1, -0.05) is 0 Å². The Hall–Kier alpha value is -2.19. The lowest BCUT2D eigenvalue weighted by atomic mass is 10.1. The van der Waals surface area contributed by atoms with Crippen molar-refractivity contribution < 1.29 is 23.7 Å². The Balaban J connectivity index is 1.78. The van der Waals surface area contributed by atoms with Crippen LogP contribution < -0.4 is 24.8 Å². The first kappa shape index (κ1) is 24.1. The van der Waals surface area contributed by atoms with Crippen LogP contribution in [-0.4, -0.2) is 72.8 Å². The van der Waals surface area contributed by atoms with Crippen LogP contribution >= 0.6 is 0 Å². The topological polar surface area (TPSA) is 82.6 Å². The third-order valence-corrected chi connectivity index (χ3v) is 4.87. The van der Waals surface area contributed by atoms with E-state index in [0.717, 1.165) is 61.9 Å². The minimum Gasteiger partial charge on any atom is -0.496 e. The number of nitrogens with one attached hydrogen (secondary N) is 2. The van der Waals surface area contributed by atoms with Crippen LogP contribution in [0.5, 0.6) is 17.2 Å². The molecule has 8 nitrogen and oxygen atoms in total. The highest BCUT2D eigenvalue weighted by Gasteiger charge is 2.15. The summed E-state index contributed by atoms with van der Waals surface area (Å²) in [6.45, 7) is 6.51. The lowest BCUT2D eigenvalue weighted by Crippen LogP contribution is -2.38. The van der Waals surface area contributed by atoms with Gasteiger partial charge in [0.15, 0.2) is 5.96 Å². The van der Waals surface area contributed by atoms with Crippen molar-refractivity contribution >= 4 is 5.96 Å². The van der Waals surface area contributed by atoms with Gasteiger partial charge in [-0.2, -0.15) is 0 Å². The van der Waals surface area contributed by atoms with E-state index in [-0.39, 0.29) is 6.10 Å². The van der Waals surface area contributed by atoms with Crippen molar-refractivity contribution in [1.82, 2.24) is 10.6 Å². The van der Waals surface area contributed by atoms with E-state index >= 15 is 0 Å². The monoisotopic (exact) mass is 423 g/mol. The van der Waals surface area contributed by atoms with Gasteiger partial charge in [-0.3, -0.25) is 4.99 Å². The summed E-state index contributed by atoms with van der Waals surface area (Å²) in [5, 5.41) is 6.65. The van der Waals surface area contributed by atoms with Gasteiger partial charge in [-0.05, 0) is 32.6 Å². The Morgan fingerprint density at radius 1 is 1.13 bits per heavy atom. The first-order valence-corrected chi connectivity index (χ1v) is 10.7. The smallest absolute Gasteiger partial charge is 0.191 e. The van der Waals surface area contributed by atoms with E-state index in [0.29, 0.717) is 32.1 Å². The summed E-state index contributed by atoms with van der Waals surface area (Å²) >= 11 is 0. The van der Waals surface area contributed by atoms with Gasteiger partial charge in [0.2, 0.25) is 0 Å². The molecule has 0 bridgehead atoms. The second-order valence-corrected chi connectivity index (χ2v) is 7.01. The molecule has 0 spiro atoms. The molecular weight excluding hydrogens is 386 g/mol. The normalized spacial score (nSPS) is 16.4. The number of guanidine groups is 1. The van der Waals surface area contributed by atoms with Crippen molar-refractivity contribution in [2.24, 2.45) is 4.99 Å². The summed E-state index contributed by atoms with van der Waals surface area (Å²) in [7, 11) is 4.93. The molecule has 1 aliphatic heterocycles. The van der Waals surface area contributed by atoms with E-state index in [1.54, 1.807) is 21.3 Å². The average Bonchev–Trinajstić information content (AvgIpc) is 3.29. The number of benzene rings is 1. The molecule has 0 aromatic heterocycles. The van der Waals surface area contributed by atoms with E-state index in [1.165, 1.54) is 0 Å². The van der Waals surface area contributed by atoms with E-state index in [9.17, 15) is 0 Å². The van der Waals surface area contributed by atoms with Crippen LogP contribution in [0.1, 0.15) is 31.7 Å². The van der Waals surface area contributed by atoms with Crippen molar-refractivity contribution in [2.75, 3.05) is 60.8 Å². The number of hydrogen-bond donors (Lipinski definition) is 2. The molecule has 1 aliphatic rings. The Morgan fingerprint density at radius 3 is 2.50 bits per heavy atom. The Bertz CT molecular complexity index is 623. The summed E-state index contributed by atoms with van der Waals surface area (Å²) in [4.78, 5) is 4.63. The van der Waals surface area contributed by atoms with Crippen LogP contribution in [0.15, 0.2) is 17.1 Å². The maximum absolute atomic E-state index is 5.70. The Morgan fingerprint density at radius 2 is 1.90 bits per heavy atom. The summed E-state index contributed by atoms with van der Waals surface area (Å²) in [6.07, 6.45) is 4.13. The molecule has 1 saturated heterocycles. The van der Waals surface area contributed by atoms with E-state index in [4.69, 9.17) is 23.7 Å². The number of hydrogen-bond acceptors (Lipinski definition) is 6. The van der Waals surface area contributed by atoms with Crippen molar-refractivity contribution in [3.63, 3.8) is 0 Å². The number of nitrogens with zero attached hydrogens (tertiary/aromatic N) is 1. The first-order chi connectivity index (χ1) is 14.7. The lowest BCUT2D eigenvalue weighted by Gasteiger charge is -2.16. The lowest BCUT2D eigenvalue weighted by molar-refractivity contribution is 0.0171. The zero-order valence-electron chi connectivity index (χ0n) is 18.8. The van der Waals surface area contributed by atoms with Crippen LogP contribution in [0.3, 0.4) is 0 Å². The van der Waals surface area contributed by atoms with Gasteiger partial charge in [0, 0.05) is 50.5 Å². The van der Waals surface area contributed by atoms with Gasteiger partial charge in [0.05, 0.1) is 34.0 Å². The fourth-order valence-electron chi connectivity index (χ4n) is 3.32. The predicted molar refractivity (Wildman–Crippen MR) is 118 cm³/mol. The van der Waals surface area contributed by atoms with Gasteiger partial charge in [0.25, 0.3) is 0 Å². The molecule has 8 heteroatoms. The number of methoxy groups -OCH3 is 3. The maximum Gasteiger partial charge on any atom is 0.191 e. The number of rotatable bonds is 13. The highest BCUT2D eigenvalue weighted by molar-refractivity contribution is 5.79. The van der Waals surface area contributed by atoms with E-state index in [2.05, 4.69) is 22.5 Å². The molecule has 0 amide bonds. The quantitative estimate of drug-likeness (QED) is 0.286. The van der Waals surface area contributed by atoms with Crippen LogP contribution in [0.4, 0.5) is 0 Å². The van der Waals surface area contributed by atoms with Crippen molar-refractivity contribution in [3.8, 4) is 17.2 Å². The molecule has 1 unspecified atom stereocenters. The first-order valence-electron chi connectivity index (χ1n) is 10.7. The number of ether oxygens (including phenoxy) is 5. The maximum atomic E-state index is 5.70.